The molecule has 3 aromatic rings. The first-order valence-corrected chi connectivity index (χ1v) is 13.8. The third-order valence-corrected chi connectivity index (χ3v) is 7.70. The molecule has 1 aliphatic rings. The number of halogens is 2. The second-order valence-corrected chi connectivity index (χ2v) is 10.8. The molecule has 1 aromatic heterocycles. The van der Waals surface area contributed by atoms with E-state index in [1.807, 2.05) is 30.3 Å². The number of benzene rings is 2. The highest BCUT2D eigenvalue weighted by atomic mass is 79.9. The molecule has 1 atom stereocenters. The number of rotatable bonds is 8. The van der Waals surface area contributed by atoms with Gasteiger partial charge in [0.2, 0.25) is 0 Å². The van der Waals surface area contributed by atoms with Crippen LogP contribution >= 0.6 is 43.2 Å². The van der Waals surface area contributed by atoms with Crippen LogP contribution in [-0.2, 0) is 9.53 Å². The van der Waals surface area contributed by atoms with Gasteiger partial charge in [0.25, 0.3) is 5.56 Å². The quantitative estimate of drug-likeness (QED) is 0.257. The molecule has 0 aliphatic carbocycles. The Bertz CT molecular complexity index is 1570. The molecule has 192 valence electrons. The van der Waals surface area contributed by atoms with Crippen LogP contribution in [0, 0.1) is 0 Å². The monoisotopic (exact) mass is 646 g/mol. The topological polar surface area (TPSA) is 79.1 Å². The van der Waals surface area contributed by atoms with E-state index < -0.39 is 12.0 Å². The molecule has 4 rings (SSSR count). The third kappa shape index (κ3) is 5.51. The van der Waals surface area contributed by atoms with Crippen molar-refractivity contribution >= 4 is 55.2 Å². The highest BCUT2D eigenvalue weighted by Gasteiger charge is 2.33. The number of nitrogens with zero attached hydrogens (tertiary/aromatic N) is 2. The summed E-state index contributed by atoms with van der Waals surface area (Å²) >= 11 is 8.24. The lowest BCUT2D eigenvalue weighted by atomic mass is 9.96. The predicted octanol–water partition coefficient (Wildman–Crippen LogP) is 4.90. The lowest BCUT2D eigenvalue weighted by Gasteiger charge is -2.24. The molecule has 1 aliphatic heterocycles. The van der Waals surface area contributed by atoms with Crippen LogP contribution in [0.15, 0.2) is 79.1 Å². The number of methoxy groups -OCH3 is 1. The van der Waals surface area contributed by atoms with E-state index in [1.54, 1.807) is 43.7 Å². The van der Waals surface area contributed by atoms with Gasteiger partial charge in [-0.3, -0.25) is 9.36 Å². The molecule has 2 heterocycles. The molecule has 0 bridgehead atoms. The van der Waals surface area contributed by atoms with Crippen molar-refractivity contribution in [3.05, 3.63) is 100 Å². The van der Waals surface area contributed by atoms with Crippen LogP contribution < -0.4 is 24.4 Å². The van der Waals surface area contributed by atoms with Crippen LogP contribution in [-0.4, -0.2) is 30.9 Å². The van der Waals surface area contributed by atoms with Crippen LogP contribution in [0.4, 0.5) is 0 Å². The highest BCUT2D eigenvalue weighted by molar-refractivity contribution is 9.10. The minimum Gasteiger partial charge on any atom is -0.493 e. The molecule has 0 N–H and O–H groups in total. The summed E-state index contributed by atoms with van der Waals surface area (Å²) in [6, 6.07) is 10.5. The van der Waals surface area contributed by atoms with Gasteiger partial charge < -0.3 is 14.2 Å². The predicted molar refractivity (Wildman–Crippen MR) is 151 cm³/mol. The smallest absolute Gasteiger partial charge is 0.338 e. The fraction of sp³-hybridized carbons (Fsp3) is 0.222. The first-order chi connectivity index (χ1) is 17.8. The summed E-state index contributed by atoms with van der Waals surface area (Å²) in [6.45, 7) is 7.73. The standard InChI is InChI=1S/C27H24Br2N2O5S/c1-5-11-36-24-19(29)12-16(13-20(24)34-4)14-21-25(32)31-23(17-7-9-18(28)10-8-17)22(26(33)35-6-2)15(3)30-27(31)37-21/h5,7-10,12-14,23H,1,6,11H2,2-4H3/t23-/m1/s1. The zero-order valence-electron chi connectivity index (χ0n) is 20.4. The number of fused-ring (bicyclic) bond motifs is 1. The normalized spacial score (nSPS) is 15.2. The SMILES string of the molecule is C=CCOc1c(Br)cc(C=c2sc3n(c2=O)[C@H](c2ccc(Br)cc2)C(C(=O)OCC)=C(C)N=3)cc1OC. The minimum atomic E-state index is -0.665. The number of esters is 1. The molecule has 0 fully saturated rings. The van der Waals surface area contributed by atoms with Gasteiger partial charge in [0.15, 0.2) is 16.3 Å². The van der Waals surface area contributed by atoms with Gasteiger partial charge in [0.1, 0.15) is 6.61 Å². The zero-order valence-corrected chi connectivity index (χ0v) is 24.4. The Labute approximate surface area is 234 Å². The summed E-state index contributed by atoms with van der Waals surface area (Å²) in [5.74, 6) is 0.573. The van der Waals surface area contributed by atoms with Gasteiger partial charge in [0, 0.05) is 4.47 Å². The molecular weight excluding hydrogens is 624 g/mol. The van der Waals surface area contributed by atoms with Crippen molar-refractivity contribution in [2.24, 2.45) is 4.99 Å². The Morgan fingerprint density at radius 2 is 1.97 bits per heavy atom. The molecule has 0 radical (unpaired) electrons. The van der Waals surface area contributed by atoms with Gasteiger partial charge >= 0.3 is 5.97 Å². The second kappa shape index (κ2) is 11.6. The van der Waals surface area contributed by atoms with Gasteiger partial charge in [-0.05, 0) is 71.2 Å². The van der Waals surface area contributed by atoms with E-state index in [0.29, 0.717) is 43.2 Å². The largest absolute Gasteiger partial charge is 0.493 e. The third-order valence-electron chi connectivity index (χ3n) is 5.60. The van der Waals surface area contributed by atoms with Crippen molar-refractivity contribution in [1.29, 1.82) is 0 Å². The molecule has 0 saturated carbocycles. The number of aromatic nitrogens is 1. The Morgan fingerprint density at radius 3 is 2.62 bits per heavy atom. The molecular formula is C27H24Br2N2O5S. The van der Waals surface area contributed by atoms with Gasteiger partial charge in [-0.1, -0.05) is 52.1 Å². The summed E-state index contributed by atoms with van der Waals surface area (Å²) in [5.41, 5.74) is 2.12. The molecule has 0 amide bonds. The molecule has 0 saturated heterocycles. The van der Waals surface area contributed by atoms with Crippen molar-refractivity contribution in [3.63, 3.8) is 0 Å². The molecule has 37 heavy (non-hydrogen) atoms. The zero-order chi connectivity index (χ0) is 26.7. The van der Waals surface area contributed by atoms with Crippen LogP contribution in [0.1, 0.15) is 31.0 Å². The summed E-state index contributed by atoms with van der Waals surface area (Å²) in [6.07, 6.45) is 3.42. The van der Waals surface area contributed by atoms with Crippen LogP contribution in [0.2, 0.25) is 0 Å². The Kier molecular flexibility index (Phi) is 8.51. The van der Waals surface area contributed by atoms with E-state index in [1.165, 1.54) is 11.3 Å². The van der Waals surface area contributed by atoms with Crippen molar-refractivity contribution in [3.8, 4) is 11.5 Å². The average Bonchev–Trinajstić information content (AvgIpc) is 3.17. The Hall–Kier alpha value is -2.95. The minimum absolute atomic E-state index is 0.219. The van der Waals surface area contributed by atoms with E-state index >= 15 is 0 Å². The number of hydrogen-bond acceptors (Lipinski definition) is 7. The van der Waals surface area contributed by atoms with E-state index in [0.717, 1.165) is 15.6 Å². The summed E-state index contributed by atoms with van der Waals surface area (Å²) in [5, 5.41) is 0. The second-order valence-electron chi connectivity index (χ2n) is 7.99. The molecule has 0 spiro atoms. The van der Waals surface area contributed by atoms with E-state index in [-0.39, 0.29) is 12.2 Å². The van der Waals surface area contributed by atoms with Crippen molar-refractivity contribution in [1.82, 2.24) is 4.57 Å². The Balaban J connectivity index is 1.90. The Morgan fingerprint density at radius 1 is 1.24 bits per heavy atom. The van der Waals surface area contributed by atoms with Gasteiger partial charge in [-0.25, -0.2) is 9.79 Å². The molecule has 7 nitrogen and oxygen atoms in total. The number of carbonyl (C=O) groups is 1. The molecule has 2 aromatic carbocycles. The van der Waals surface area contributed by atoms with Gasteiger partial charge in [-0.2, -0.15) is 0 Å². The van der Waals surface area contributed by atoms with Crippen LogP contribution in [0.3, 0.4) is 0 Å². The van der Waals surface area contributed by atoms with Crippen molar-refractivity contribution in [2.75, 3.05) is 20.3 Å². The number of allylic oxidation sites excluding steroid dienone is 1. The maximum Gasteiger partial charge on any atom is 0.338 e. The summed E-state index contributed by atoms with van der Waals surface area (Å²) < 4.78 is 20.2. The number of thiazole rings is 1. The maximum absolute atomic E-state index is 13.8. The molecule has 10 heteroatoms. The highest BCUT2D eigenvalue weighted by Crippen LogP contribution is 2.37. The first-order valence-electron chi connectivity index (χ1n) is 11.3. The van der Waals surface area contributed by atoms with Crippen molar-refractivity contribution < 1.29 is 19.0 Å². The summed E-state index contributed by atoms with van der Waals surface area (Å²) in [4.78, 5) is 31.9. The van der Waals surface area contributed by atoms with Crippen LogP contribution in [0.5, 0.6) is 11.5 Å². The first kappa shape index (κ1) is 27.1. The van der Waals surface area contributed by atoms with E-state index in [2.05, 4.69) is 43.4 Å². The fourth-order valence-electron chi connectivity index (χ4n) is 4.01. The molecule has 0 unspecified atom stereocenters. The maximum atomic E-state index is 13.8. The number of hydrogen-bond donors (Lipinski definition) is 0. The van der Waals surface area contributed by atoms with Crippen molar-refractivity contribution in [2.45, 2.75) is 19.9 Å². The average molecular weight is 648 g/mol. The number of ether oxygens (including phenoxy) is 3. The number of carbonyl (C=O) groups excluding carboxylic acids is 1. The van der Waals surface area contributed by atoms with Gasteiger partial charge in [-0.15, -0.1) is 0 Å². The van der Waals surface area contributed by atoms with E-state index in [4.69, 9.17) is 14.2 Å². The summed E-state index contributed by atoms with van der Waals surface area (Å²) in [7, 11) is 1.55. The van der Waals surface area contributed by atoms with E-state index in [9.17, 15) is 9.59 Å². The fourth-order valence-corrected chi connectivity index (χ4v) is 5.89. The van der Waals surface area contributed by atoms with Crippen LogP contribution in [0.25, 0.3) is 6.08 Å². The lowest BCUT2D eigenvalue weighted by Crippen LogP contribution is -2.39. The van der Waals surface area contributed by atoms with Gasteiger partial charge in [0.05, 0.1) is 40.0 Å². The lowest BCUT2D eigenvalue weighted by molar-refractivity contribution is -0.139.